The van der Waals surface area contributed by atoms with Crippen molar-refractivity contribution in [1.82, 2.24) is 9.55 Å². The van der Waals surface area contributed by atoms with Crippen LogP contribution in [-0.4, -0.2) is 27.4 Å². The van der Waals surface area contributed by atoms with Gasteiger partial charge in [0.25, 0.3) is 0 Å². The summed E-state index contributed by atoms with van der Waals surface area (Å²) >= 11 is 0. The van der Waals surface area contributed by atoms with Crippen molar-refractivity contribution in [2.75, 3.05) is 6.79 Å². The first-order valence-electron chi connectivity index (χ1n) is 11.7. The van der Waals surface area contributed by atoms with Crippen LogP contribution in [0.3, 0.4) is 0 Å². The second-order valence-corrected chi connectivity index (χ2v) is 8.84. The van der Waals surface area contributed by atoms with Gasteiger partial charge in [-0.2, -0.15) is 5.26 Å². The summed E-state index contributed by atoms with van der Waals surface area (Å²) in [5, 5.41) is 19.4. The summed E-state index contributed by atoms with van der Waals surface area (Å²) in [5.41, 5.74) is 6.43. The third-order valence-corrected chi connectivity index (χ3v) is 6.53. The molecule has 0 spiro atoms. The highest BCUT2D eigenvalue weighted by Gasteiger charge is 2.25. The summed E-state index contributed by atoms with van der Waals surface area (Å²) in [4.78, 5) is 16.0. The fraction of sp³-hybridized carbons (Fsp3) is 0.207. The maximum Gasteiger partial charge on any atom is 0.335 e. The van der Waals surface area contributed by atoms with Gasteiger partial charge in [-0.1, -0.05) is 36.4 Å². The van der Waals surface area contributed by atoms with Crippen molar-refractivity contribution >= 4 is 5.97 Å². The molecule has 1 unspecified atom stereocenters. The van der Waals surface area contributed by atoms with Gasteiger partial charge in [-0.25, -0.2) is 9.78 Å². The van der Waals surface area contributed by atoms with Crippen molar-refractivity contribution in [2.24, 2.45) is 7.05 Å². The highest BCUT2D eigenvalue weighted by atomic mass is 16.7. The average molecular weight is 496 g/mol. The Morgan fingerprint density at radius 3 is 2.76 bits per heavy atom. The number of nitriles is 1. The summed E-state index contributed by atoms with van der Waals surface area (Å²) in [6.07, 6.45) is 2.92. The smallest absolute Gasteiger partial charge is 0.335 e. The molecule has 37 heavy (non-hydrogen) atoms. The molecular weight excluding hydrogens is 470 g/mol. The van der Waals surface area contributed by atoms with Crippen molar-refractivity contribution in [3.05, 3.63) is 106 Å². The van der Waals surface area contributed by atoms with Gasteiger partial charge in [0.1, 0.15) is 11.9 Å². The monoisotopic (exact) mass is 495 g/mol. The van der Waals surface area contributed by atoms with Gasteiger partial charge in [0.05, 0.1) is 48.6 Å². The molecule has 1 aliphatic rings. The molecule has 0 saturated heterocycles. The number of aromatic carboxylic acids is 1. The Hall–Kier alpha value is -4.45. The second kappa shape index (κ2) is 10.3. The predicted molar refractivity (Wildman–Crippen MR) is 135 cm³/mol. The molecule has 0 fully saturated rings. The number of fused-ring (bicyclic) bond motifs is 1. The van der Waals surface area contributed by atoms with Crippen LogP contribution >= 0.6 is 0 Å². The highest BCUT2D eigenvalue weighted by molar-refractivity contribution is 5.88. The molecule has 0 radical (unpaired) electrons. The number of benzene rings is 3. The lowest BCUT2D eigenvalue weighted by Crippen LogP contribution is -2.17. The number of hydrogen-bond donors (Lipinski definition) is 1. The first-order valence-corrected chi connectivity index (χ1v) is 11.7. The van der Waals surface area contributed by atoms with Crippen molar-refractivity contribution < 1.29 is 24.1 Å². The lowest BCUT2D eigenvalue weighted by molar-refractivity contribution is -0.0194. The van der Waals surface area contributed by atoms with E-state index in [2.05, 4.69) is 11.1 Å². The maximum atomic E-state index is 11.7. The number of rotatable bonds is 7. The average Bonchev–Trinajstić information content (AvgIpc) is 3.34. The summed E-state index contributed by atoms with van der Waals surface area (Å²) in [5.74, 6) is -0.449. The van der Waals surface area contributed by atoms with Crippen LogP contribution in [-0.2, 0) is 29.7 Å². The number of imidazole rings is 1. The molecule has 1 N–H and O–H groups in total. The number of carboxylic acids is 1. The van der Waals surface area contributed by atoms with E-state index in [-0.39, 0.29) is 25.6 Å². The number of carboxylic acid groups (broad SMARTS) is 1. The lowest BCUT2D eigenvalue weighted by Gasteiger charge is -2.25. The molecule has 3 aromatic carbocycles. The van der Waals surface area contributed by atoms with Gasteiger partial charge in [0.2, 0.25) is 0 Å². The standard InChI is InChI=1S/C29H25N3O5/c1-18-24(9-8-20(12-30)26(18)19-6-4-3-5-7-19)28(25-13-31-16-32(25)2)36-15-23-11-21(29(33)34)10-22-14-35-17-37-27(22)23/h3-11,13,16,28H,14-15,17H2,1-2H3,(H,33,34). The molecule has 1 aliphatic heterocycles. The minimum atomic E-state index is -1.03. The summed E-state index contributed by atoms with van der Waals surface area (Å²) in [7, 11) is 1.89. The van der Waals surface area contributed by atoms with Gasteiger partial charge in [0.15, 0.2) is 6.79 Å². The van der Waals surface area contributed by atoms with Crippen molar-refractivity contribution in [2.45, 2.75) is 26.2 Å². The van der Waals surface area contributed by atoms with E-state index in [1.54, 1.807) is 24.7 Å². The molecule has 186 valence electrons. The summed E-state index contributed by atoms with van der Waals surface area (Å²) < 4.78 is 19.5. The number of aromatic nitrogens is 2. The van der Waals surface area contributed by atoms with Crippen LogP contribution in [0.4, 0.5) is 0 Å². The Kier molecular flexibility index (Phi) is 6.73. The summed E-state index contributed by atoms with van der Waals surface area (Å²) in [6.45, 7) is 2.44. The van der Waals surface area contributed by atoms with E-state index in [1.807, 2.05) is 61.0 Å². The van der Waals surface area contributed by atoms with E-state index in [1.165, 1.54) is 0 Å². The molecule has 4 aromatic rings. The minimum Gasteiger partial charge on any atom is -0.478 e. The second-order valence-electron chi connectivity index (χ2n) is 8.84. The first-order chi connectivity index (χ1) is 18.0. The van der Waals surface area contributed by atoms with Gasteiger partial charge >= 0.3 is 5.97 Å². The zero-order valence-corrected chi connectivity index (χ0v) is 20.5. The number of aryl methyl sites for hydroxylation is 1. The number of hydrogen-bond acceptors (Lipinski definition) is 6. The Labute approximate surface area is 214 Å². The fourth-order valence-corrected chi connectivity index (χ4v) is 4.74. The van der Waals surface area contributed by atoms with Crippen LogP contribution in [0.5, 0.6) is 5.75 Å². The largest absolute Gasteiger partial charge is 0.478 e. The Balaban J connectivity index is 1.59. The third-order valence-electron chi connectivity index (χ3n) is 6.53. The Morgan fingerprint density at radius 1 is 1.24 bits per heavy atom. The third kappa shape index (κ3) is 4.70. The SMILES string of the molecule is Cc1c(C(OCc2cc(C(=O)O)cc3c2OCOC3)c2cncn2C)ccc(C#N)c1-c1ccccc1. The highest BCUT2D eigenvalue weighted by Crippen LogP contribution is 2.38. The van der Waals surface area contributed by atoms with E-state index in [4.69, 9.17) is 14.2 Å². The van der Waals surface area contributed by atoms with Crippen LogP contribution in [0.15, 0.2) is 67.1 Å². The predicted octanol–water partition coefficient (Wildman–Crippen LogP) is 5.14. The van der Waals surface area contributed by atoms with Crippen LogP contribution in [0.2, 0.25) is 0 Å². The topological polar surface area (TPSA) is 107 Å². The molecule has 2 heterocycles. The molecule has 5 rings (SSSR count). The zero-order chi connectivity index (χ0) is 25.9. The van der Waals surface area contributed by atoms with Crippen molar-refractivity contribution in [1.29, 1.82) is 5.26 Å². The Morgan fingerprint density at radius 2 is 2.05 bits per heavy atom. The quantitative estimate of drug-likeness (QED) is 0.378. The first kappa shape index (κ1) is 24.3. The molecule has 8 nitrogen and oxygen atoms in total. The molecule has 0 amide bonds. The normalized spacial score (nSPS) is 13.3. The molecule has 0 bridgehead atoms. The molecule has 0 saturated carbocycles. The molecule has 1 atom stereocenters. The van der Waals surface area contributed by atoms with E-state index in [9.17, 15) is 15.2 Å². The molecule has 8 heteroatoms. The Bertz CT molecular complexity index is 1500. The zero-order valence-electron chi connectivity index (χ0n) is 20.5. The van der Waals surface area contributed by atoms with Crippen LogP contribution < -0.4 is 4.74 Å². The van der Waals surface area contributed by atoms with E-state index in [0.717, 1.165) is 27.9 Å². The maximum absolute atomic E-state index is 11.7. The van der Waals surface area contributed by atoms with E-state index >= 15 is 0 Å². The van der Waals surface area contributed by atoms with Gasteiger partial charge in [-0.3, -0.25) is 0 Å². The molecule has 0 aliphatic carbocycles. The van der Waals surface area contributed by atoms with E-state index < -0.39 is 12.1 Å². The van der Waals surface area contributed by atoms with Gasteiger partial charge in [0, 0.05) is 23.7 Å². The van der Waals surface area contributed by atoms with Gasteiger partial charge in [-0.15, -0.1) is 0 Å². The summed E-state index contributed by atoms with van der Waals surface area (Å²) in [6, 6.07) is 19.0. The molecular formula is C29H25N3O5. The van der Waals surface area contributed by atoms with Crippen molar-refractivity contribution in [3.8, 4) is 22.9 Å². The van der Waals surface area contributed by atoms with Crippen molar-refractivity contribution in [3.63, 3.8) is 0 Å². The number of ether oxygens (including phenoxy) is 3. The lowest BCUT2D eigenvalue weighted by atomic mass is 9.89. The van der Waals surface area contributed by atoms with Gasteiger partial charge < -0.3 is 23.9 Å². The van der Waals surface area contributed by atoms with Crippen LogP contribution in [0, 0.1) is 18.3 Å². The minimum absolute atomic E-state index is 0.0900. The van der Waals surface area contributed by atoms with Gasteiger partial charge in [-0.05, 0) is 41.8 Å². The van der Waals surface area contributed by atoms with Crippen LogP contribution in [0.25, 0.3) is 11.1 Å². The number of nitrogens with zero attached hydrogens (tertiary/aromatic N) is 3. The van der Waals surface area contributed by atoms with E-state index in [0.29, 0.717) is 22.4 Å². The fourth-order valence-electron chi connectivity index (χ4n) is 4.74. The molecule has 1 aromatic heterocycles. The number of carbonyl (C=O) groups is 1. The van der Waals surface area contributed by atoms with Crippen LogP contribution in [0.1, 0.15) is 50.0 Å².